The molecule has 0 radical (unpaired) electrons. The van der Waals surface area contributed by atoms with Crippen LogP contribution in [0.5, 0.6) is 0 Å². The normalized spacial score (nSPS) is 17.7. The van der Waals surface area contributed by atoms with Crippen molar-refractivity contribution in [2.24, 2.45) is 0 Å². The maximum Gasteiger partial charge on any atom is 0.417 e. The van der Waals surface area contributed by atoms with Crippen LogP contribution < -0.4 is 4.90 Å². The van der Waals surface area contributed by atoms with E-state index in [0.717, 1.165) is 18.3 Å². The van der Waals surface area contributed by atoms with E-state index < -0.39 is 37.5 Å². The Bertz CT molecular complexity index is 1020. The fourth-order valence-electron chi connectivity index (χ4n) is 2.94. The second-order valence-electron chi connectivity index (χ2n) is 5.87. The Labute approximate surface area is 152 Å². The Morgan fingerprint density at radius 1 is 1.26 bits per heavy atom. The van der Waals surface area contributed by atoms with Crippen LogP contribution in [-0.2, 0) is 16.0 Å². The molecule has 11 heteroatoms. The SMILES string of the molecule is N#Cc1ncc(F)c(N2CC[C@H](S(=O)(=O)c3ccccc3C(F)(F)F)C2)n1. The summed E-state index contributed by atoms with van der Waals surface area (Å²) in [6.45, 7) is -0.176. The van der Waals surface area contributed by atoms with Gasteiger partial charge in [0.15, 0.2) is 21.5 Å². The van der Waals surface area contributed by atoms with Gasteiger partial charge in [-0.2, -0.15) is 23.4 Å². The number of benzene rings is 1. The smallest absolute Gasteiger partial charge is 0.353 e. The Morgan fingerprint density at radius 3 is 2.63 bits per heavy atom. The lowest BCUT2D eigenvalue weighted by molar-refractivity contribution is -0.139. The van der Waals surface area contributed by atoms with E-state index in [2.05, 4.69) is 9.97 Å². The van der Waals surface area contributed by atoms with E-state index in [-0.39, 0.29) is 31.2 Å². The van der Waals surface area contributed by atoms with Gasteiger partial charge in [0, 0.05) is 13.1 Å². The molecule has 1 saturated heterocycles. The molecule has 2 aromatic rings. The van der Waals surface area contributed by atoms with Crippen LogP contribution in [0.1, 0.15) is 17.8 Å². The quantitative estimate of drug-likeness (QED) is 0.736. The number of alkyl halides is 3. The molecule has 27 heavy (non-hydrogen) atoms. The molecule has 1 aliphatic rings. The number of hydrogen-bond donors (Lipinski definition) is 0. The van der Waals surface area contributed by atoms with E-state index in [4.69, 9.17) is 5.26 Å². The van der Waals surface area contributed by atoms with E-state index in [1.807, 2.05) is 0 Å². The summed E-state index contributed by atoms with van der Waals surface area (Å²) in [5, 5.41) is 7.65. The van der Waals surface area contributed by atoms with Gasteiger partial charge in [0.05, 0.1) is 21.9 Å². The summed E-state index contributed by atoms with van der Waals surface area (Å²) in [6.07, 6.45) is -4.02. The Kier molecular flexibility index (Phi) is 4.77. The van der Waals surface area contributed by atoms with E-state index >= 15 is 0 Å². The van der Waals surface area contributed by atoms with Crippen LogP contribution in [0.25, 0.3) is 0 Å². The highest BCUT2D eigenvalue weighted by molar-refractivity contribution is 7.92. The minimum Gasteiger partial charge on any atom is -0.353 e. The van der Waals surface area contributed by atoms with Gasteiger partial charge in [-0.15, -0.1) is 0 Å². The first-order valence-corrected chi connectivity index (χ1v) is 9.27. The summed E-state index contributed by atoms with van der Waals surface area (Å²) in [4.78, 5) is 7.68. The number of aromatic nitrogens is 2. The van der Waals surface area contributed by atoms with Crippen molar-refractivity contribution in [3.05, 3.63) is 47.7 Å². The predicted molar refractivity (Wildman–Crippen MR) is 86.0 cm³/mol. The van der Waals surface area contributed by atoms with E-state index in [1.54, 1.807) is 6.07 Å². The van der Waals surface area contributed by atoms with Gasteiger partial charge in [0.1, 0.15) is 6.07 Å². The van der Waals surface area contributed by atoms with Crippen molar-refractivity contribution in [2.75, 3.05) is 18.0 Å². The average Bonchev–Trinajstić information content (AvgIpc) is 3.12. The third-order valence-electron chi connectivity index (χ3n) is 4.21. The van der Waals surface area contributed by atoms with Gasteiger partial charge in [0.2, 0.25) is 5.82 Å². The molecule has 0 unspecified atom stereocenters. The van der Waals surface area contributed by atoms with Crippen molar-refractivity contribution in [2.45, 2.75) is 22.7 Å². The molecule has 0 aliphatic carbocycles. The molecule has 0 spiro atoms. The molecule has 1 aliphatic heterocycles. The summed E-state index contributed by atoms with van der Waals surface area (Å²) in [5.74, 6) is -1.38. The number of halogens is 4. The lowest BCUT2D eigenvalue weighted by atomic mass is 10.2. The Balaban J connectivity index is 1.93. The van der Waals surface area contributed by atoms with E-state index in [9.17, 15) is 26.0 Å². The minimum atomic E-state index is -4.82. The molecule has 1 atom stereocenters. The van der Waals surface area contributed by atoms with Crippen LogP contribution in [0.4, 0.5) is 23.4 Å². The fraction of sp³-hybridized carbons (Fsp3) is 0.312. The summed E-state index contributed by atoms with van der Waals surface area (Å²) in [7, 11) is -4.31. The molecule has 0 amide bonds. The largest absolute Gasteiger partial charge is 0.417 e. The summed E-state index contributed by atoms with van der Waals surface area (Å²) >= 11 is 0. The van der Waals surface area contributed by atoms with Crippen molar-refractivity contribution >= 4 is 15.7 Å². The minimum absolute atomic E-state index is 0.000144. The zero-order valence-electron chi connectivity index (χ0n) is 13.6. The van der Waals surface area contributed by atoms with Gasteiger partial charge >= 0.3 is 6.18 Å². The highest BCUT2D eigenvalue weighted by Gasteiger charge is 2.42. The molecule has 0 bridgehead atoms. The van der Waals surface area contributed by atoms with Crippen molar-refractivity contribution in [3.63, 3.8) is 0 Å². The van der Waals surface area contributed by atoms with E-state index in [0.29, 0.717) is 6.07 Å². The molecule has 1 fully saturated rings. The monoisotopic (exact) mass is 400 g/mol. The zero-order valence-corrected chi connectivity index (χ0v) is 14.4. The van der Waals surface area contributed by atoms with Gasteiger partial charge in [-0.1, -0.05) is 12.1 Å². The molecule has 6 nitrogen and oxygen atoms in total. The molecule has 1 aromatic carbocycles. The highest BCUT2D eigenvalue weighted by Crippen LogP contribution is 2.37. The summed E-state index contributed by atoms with van der Waals surface area (Å²) in [6, 6.07) is 5.61. The molecule has 0 N–H and O–H groups in total. The van der Waals surface area contributed by atoms with Gasteiger partial charge in [-0.3, -0.25) is 0 Å². The first-order valence-electron chi connectivity index (χ1n) is 7.72. The van der Waals surface area contributed by atoms with Crippen molar-refractivity contribution < 1.29 is 26.0 Å². The van der Waals surface area contributed by atoms with Crippen LogP contribution >= 0.6 is 0 Å². The first kappa shape index (κ1) is 19.0. The first-order chi connectivity index (χ1) is 12.6. The molecule has 1 aromatic heterocycles. The zero-order chi connectivity index (χ0) is 19.8. The third kappa shape index (κ3) is 3.57. The number of sulfone groups is 1. The van der Waals surface area contributed by atoms with Crippen LogP contribution in [0, 0.1) is 17.1 Å². The number of hydrogen-bond acceptors (Lipinski definition) is 6. The van der Waals surface area contributed by atoms with Crippen molar-refractivity contribution in [1.29, 1.82) is 5.26 Å². The second-order valence-corrected chi connectivity index (χ2v) is 8.07. The highest BCUT2D eigenvalue weighted by atomic mass is 32.2. The standard InChI is InChI=1S/C16H12F4N4O2S/c17-12-8-22-14(7-21)23-15(12)24-6-5-10(9-24)27(25,26)13-4-2-1-3-11(13)16(18,19)20/h1-4,8,10H,5-6,9H2/t10-/m0/s1. The van der Waals surface area contributed by atoms with Gasteiger partial charge in [-0.05, 0) is 18.6 Å². The predicted octanol–water partition coefficient (Wildman–Crippen LogP) is 2.56. The summed E-state index contributed by atoms with van der Waals surface area (Å²) < 4.78 is 79.0. The maximum atomic E-state index is 14.0. The van der Waals surface area contributed by atoms with Crippen LogP contribution in [0.15, 0.2) is 35.4 Å². The lowest BCUT2D eigenvalue weighted by Crippen LogP contribution is -2.29. The van der Waals surface area contributed by atoms with Crippen LogP contribution in [0.3, 0.4) is 0 Å². The van der Waals surface area contributed by atoms with Gasteiger partial charge < -0.3 is 4.90 Å². The Morgan fingerprint density at radius 2 is 1.96 bits per heavy atom. The number of rotatable bonds is 3. The second kappa shape index (κ2) is 6.77. The van der Waals surface area contributed by atoms with Crippen molar-refractivity contribution in [1.82, 2.24) is 9.97 Å². The van der Waals surface area contributed by atoms with Gasteiger partial charge in [0.25, 0.3) is 0 Å². The third-order valence-corrected chi connectivity index (χ3v) is 6.44. The maximum absolute atomic E-state index is 14.0. The van der Waals surface area contributed by atoms with Crippen molar-refractivity contribution in [3.8, 4) is 6.07 Å². The average molecular weight is 400 g/mol. The molecular formula is C16H12F4N4O2S. The topological polar surface area (TPSA) is 87.0 Å². The molecule has 2 heterocycles. The Hall–Kier alpha value is -2.74. The van der Waals surface area contributed by atoms with Crippen LogP contribution in [0.2, 0.25) is 0 Å². The number of nitriles is 1. The van der Waals surface area contributed by atoms with Gasteiger partial charge in [-0.25, -0.2) is 17.8 Å². The molecular weight excluding hydrogens is 388 g/mol. The summed E-state index contributed by atoms with van der Waals surface area (Å²) in [5.41, 5.74) is -1.23. The van der Waals surface area contributed by atoms with E-state index in [1.165, 1.54) is 11.0 Å². The molecule has 3 rings (SSSR count). The molecule has 0 saturated carbocycles. The number of nitrogens with zero attached hydrogens (tertiary/aromatic N) is 4. The number of anilines is 1. The lowest BCUT2D eigenvalue weighted by Gasteiger charge is -2.19. The molecule has 142 valence electrons. The fourth-order valence-corrected chi connectivity index (χ4v) is 4.85. The van der Waals surface area contributed by atoms with Crippen LogP contribution in [-0.4, -0.2) is 36.7 Å².